The van der Waals surface area contributed by atoms with E-state index in [0.29, 0.717) is 12.5 Å². The van der Waals surface area contributed by atoms with Crippen molar-refractivity contribution < 1.29 is 9.90 Å². The molecule has 0 amide bonds. The molecule has 0 spiro atoms. The molecular formula is C40H81NO2. The predicted octanol–water partition coefficient (Wildman–Crippen LogP) is 13.7. The number of aliphatic carboxylic acids is 1. The van der Waals surface area contributed by atoms with E-state index in [1.807, 2.05) is 0 Å². The fraction of sp³-hybridized carbons (Fsp3) is 0.925. The molecule has 0 aliphatic heterocycles. The van der Waals surface area contributed by atoms with E-state index in [4.69, 9.17) is 10.8 Å². The third-order valence-electron chi connectivity index (χ3n) is 9.01. The Balaban J connectivity index is 0. The summed E-state index contributed by atoms with van der Waals surface area (Å²) in [4.78, 5) is 10.3. The van der Waals surface area contributed by atoms with E-state index in [1.54, 1.807) is 0 Å². The van der Waals surface area contributed by atoms with Gasteiger partial charge in [0.15, 0.2) is 0 Å². The van der Waals surface area contributed by atoms with Crippen LogP contribution in [0.5, 0.6) is 0 Å². The number of allylic oxidation sites excluding steroid dienone is 2. The SMILES string of the molecule is CCCCCCCCC(CCCCCCCC)C(N)CCCC.CCCCCCCCC=CCCCCCCCC(=O)O. The topological polar surface area (TPSA) is 63.3 Å². The third kappa shape index (κ3) is 39.1. The second-order valence-electron chi connectivity index (χ2n) is 13.4. The van der Waals surface area contributed by atoms with Gasteiger partial charge in [0.1, 0.15) is 0 Å². The molecule has 0 aliphatic rings. The highest BCUT2D eigenvalue weighted by atomic mass is 16.4. The summed E-state index contributed by atoms with van der Waals surface area (Å²) in [5.41, 5.74) is 6.53. The van der Waals surface area contributed by atoms with Crippen LogP contribution in [-0.2, 0) is 4.79 Å². The summed E-state index contributed by atoms with van der Waals surface area (Å²) in [7, 11) is 0. The second-order valence-corrected chi connectivity index (χ2v) is 13.4. The maximum atomic E-state index is 10.3. The van der Waals surface area contributed by atoms with Gasteiger partial charge in [-0.3, -0.25) is 4.79 Å². The Kier molecular flexibility index (Phi) is 40.4. The van der Waals surface area contributed by atoms with Crippen LogP contribution in [0.25, 0.3) is 0 Å². The van der Waals surface area contributed by atoms with Crippen LogP contribution in [0.15, 0.2) is 12.2 Å². The first kappa shape index (κ1) is 44.3. The Labute approximate surface area is 272 Å². The standard InChI is InChI=1S/C22H47N.C18H34O2/c1-4-7-10-12-14-16-18-21(22(23)20-9-6-3)19-17-15-13-11-8-5-2;1-2-3-4-5-6-7-8-9-10-11-12-13-14-15-16-17-18(19)20/h21-22H,4-20,23H2,1-3H3;9-10H,2-8,11-17H2,1H3,(H,19,20). The van der Waals surface area contributed by atoms with Crippen LogP contribution in [0, 0.1) is 5.92 Å². The molecule has 1 atom stereocenters. The van der Waals surface area contributed by atoms with E-state index in [1.165, 1.54) is 180 Å². The van der Waals surface area contributed by atoms with Gasteiger partial charge in [-0.15, -0.1) is 0 Å². The number of hydrogen-bond donors (Lipinski definition) is 2. The van der Waals surface area contributed by atoms with Gasteiger partial charge in [0, 0.05) is 12.5 Å². The molecule has 0 aromatic carbocycles. The molecule has 0 fully saturated rings. The molecule has 3 heteroatoms. The van der Waals surface area contributed by atoms with E-state index < -0.39 is 5.97 Å². The molecule has 3 nitrogen and oxygen atoms in total. The van der Waals surface area contributed by atoms with Crippen molar-refractivity contribution in [3.05, 3.63) is 12.2 Å². The number of rotatable bonds is 33. The quantitative estimate of drug-likeness (QED) is 0.0576. The Bertz CT molecular complexity index is 531. The lowest BCUT2D eigenvalue weighted by atomic mass is 9.86. The van der Waals surface area contributed by atoms with Crippen LogP contribution in [0.3, 0.4) is 0 Å². The zero-order valence-corrected chi connectivity index (χ0v) is 30.2. The lowest BCUT2D eigenvalue weighted by Gasteiger charge is -2.24. The summed E-state index contributed by atoms with van der Waals surface area (Å²) in [6, 6.07) is 0.459. The van der Waals surface area contributed by atoms with Crippen LogP contribution in [0.4, 0.5) is 0 Å². The third-order valence-corrected chi connectivity index (χ3v) is 9.01. The highest BCUT2D eigenvalue weighted by Crippen LogP contribution is 2.24. The van der Waals surface area contributed by atoms with Gasteiger partial charge in [-0.1, -0.05) is 181 Å². The summed E-state index contributed by atoms with van der Waals surface area (Å²) in [6.07, 6.45) is 44.8. The van der Waals surface area contributed by atoms with Crippen LogP contribution in [0.1, 0.15) is 227 Å². The summed E-state index contributed by atoms with van der Waals surface area (Å²) in [5.74, 6) is 0.126. The molecule has 258 valence electrons. The van der Waals surface area contributed by atoms with Crippen molar-refractivity contribution in [2.24, 2.45) is 11.7 Å². The molecule has 0 heterocycles. The number of carboxylic acid groups (broad SMARTS) is 1. The summed E-state index contributed by atoms with van der Waals surface area (Å²) in [5, 5.41) is 8.51. The zero-order valence-electron chi connectivity index (χ0n) is 30.2. The largest absolute Gasteiger partial charge is 0.481 e. The molecule has 0 saturated carbocycles. The van der Waals surface area contributed by atoms with Crippen LogP contribution in [-0.4, -0.2) is 17.1 Å². The molecule has 0 bridgehead atoms. The smallest absolute Gasteiger partial charge is 0.303 e. The van der Waals surface area contributed by atoms with E-state index in [-0.39, 0.29) is 0 Å². The van der Waals surface area contributed by atoms with E-state index in [0.717, 1.165) is 18.8 Å². The van der Waals surface area contributed by atoms with Crippen molar-refractivity contribution in [2.45, 2.75) is 233 Å². The minimum absolute atomic E-state index is 0.332. The van der Waals surface area contributed by atoms with Gasteiger partial charge in [-0.05, 0) is 57.3 Å². The Morgan fingerprint density at radius 3 is 1.23 bits per heavy atom. The minimum atomic E-state index is -0.664. The first-order valence-electron chi connectivity index (χ1n) is 19.7. The van der Waals surface area contributed by atoms with E-state index in [2.05, 4.69) is 39.8 Å². The molecule has 0 saturated heterocycles. The average Bonchev–Trinajstić information content (AvgIpc) is 3.00. The fourth-order valence-electron chi connectivity index (χ4n) is 5.97. The highest BCUT2D eigenvalue weighted by molar-refractivity contribution is 5.66. The molecule has 0 aromatic rings. The zero-order chi connectivity index (χ0) is 32.1. The lowest BCUT2D eigenvalue weighted by Crippen LogP contribution is -2.30. The van der Waals surface area contributed by atoms with Crippen molar-refractivity contribution in [3.63, 3.8) is 0 Å². The maximum Gasteiger partial charge on any atom is 0.303 e. The number of hydrogen-bond acceptors (Lipinski definition) is 2. The van der Waals surface area contributed by atoms with Crippen LogP contribution in [0.2, 0.25) is 0 Å². The summed E-state index contributed by atoms with van der Waals surface area (Å²) >= 11 is 0. The summed E-state index contributed by atoms with van der Waals surface area (Å²) in [6.45, 7) is 9.13. The van der Waals surface area contributed by atoms with E-state index >= 15 is 0 Å². The monoisotopic (exact) mass is 608 g/mol. The van der Waals surface area contributed by atoms with Gasteiger partial charge in [-0.25, -0.2) is 0 Å². The number of carbonyl (C=O) groups is 1. The molecular weight excluding hydrogens is 526 g/mol. The van der Waals surface area contributed by atoms with Crippen molar-refractivity contribution in [3.8, 4) is 0 Å². The van der Waals surface area contributed by atoms with Crippen molar-refractivity contribution in [2.75, 3.05) is 0 Å². The van der Waals surface area contributed by atoms with Gasteiger partial charge in [0.05, 0.1) is 0 Å². The highest BCUT2D eigenvalue weighted by Gasteiger charge is 2.16. The first-order chi connectivity index (χ1) is 21.0. The molecule has 43 heavy (non-hydrogen) atoms. The molecule has 0 rings (SSSR count). The van der Waals surface area contributed by atoms with Crippen molar-refractivity contribution in [1.82, 2.24) is 0 Å². The van der Waals surface area contributed by atoms with Crippen molar-refractivity contribution >= 4 is 5.97 Å². The maximum absolute atomic E-state index is 10.3. The normalized spacial score (nSPS) is 12.1. The second kappa shape index (κ2) is 39.2. The van der Waals surface area contributed by atoms with Crippen LogP contribution >= 0.6 is 0 Å². The average molecular weight is 608 g/mol. The summed E-state index contributed by atoms with van der Waals surface area (Å²) < 4.78 is 0. The Hall–Kier alpha value is -0.830. The minimum Gasteiger partial charge on any atom is -0.481 e. The molecule has 1 unspecified atom stereocenters. The van der Waals surface area contributed by atoms with Gasteiger partial charge in [0.25, 0.3) is 0 Å². The first-order valence-corrected chi connectivity index (χ1v) is 19.7. The predicted molar refractivity (Wildman–Crippen MR) is 194 cm³/mol. The molecule has 0 radical (unpaired) electrons. The number of unbranched alkanes of at least 4 members (excludes halogenated alkanes) is 22. The van der Waals surface area contributed by atoms with Crippen LogP contribution < -0.4 is 5.73 Å². The fourth-order valence-corrected chi connectivity index (χ4v) is 5.97. The number of carboxylic acids is 1. The Morgan fingerprint density at radius 2 is 0.837 bits per heavy atom. The van der Waals surface area contributed by atoms with Gasteiger partial charge in [-0.2, -0.15) is 0 Å². The van der Waals surface area contributed by atoms with Crippen molar-refractivity contribution in [1.29, 1.82) is 0 Å². The molecule has 0 aliphatic carbocycles. The van der Waals surface area contributed by atoms with E-state index in [9.17, 15) is 4.79 Å². The molecule has 0 aromatic heterocycles. The number of nitrogens with two attached hydrogens (primary N) is 1. The lowest BCUT2D eigenvalue weighted by molar-refractivity contribution is -0.137. The van der Waals surface area contributed by atoms with Gasteiger partial charge < -0.3 is 10.8 Å². The van der Waals surface area contributed by atoms with Gasteiger partial charge >= 0.3 is 5.97 Å². The van der Waals surface area contributed by atoms with Gasteiger partial charge in [0.2, 0.25) is 0 Å². The molecule has 3 N–H and O–H groups in total. The Morgan fingerprint density at radius 1 is 0.488 bits per heavy atom.